The number of ether oxygens (including phenoxy) is 2. The number of benzene rings is 2. The van der Waals surface area contributed by atoms with Gasteiger partial charge in [-0.2, -0.15) is 4.31 Å². The summed E-state index contributed by atoms with van der Waals surface area (Å²) >= 11 is 0. The molecule has 0 aromatic heterocycles. The van der Waals surface area contributed by atoms with Crippen LogP contribution in [-0.2, 0) is 27.8 Å². The quantitative estimate of drug-likeness (QED) is 0.728. The predicted octanol–water partition coefficient (Wildman–Crippen LogP) is 2.44. The van der Waals surface area contributed by atoms with E-state index in [4.69, 9.17) is 9.47 Å². The maximum atomic E-state index is 13.5. The standard InChI is InChI=1S/C22H26N2O5S/c1-28-18-9-10-20(29-2)21(14-18)30(26,27)24-12-5-8-19(24)22(25)23-13-11-16-6-3-4-7-17(16)15-23/h3-4,6-7,9-10,14,19H,5,8,11-13,15H2,1-2H3/t19-/m0/s1. The van der Waals surface area contributed by atoms with E-state index in [1.165, 1.54) is 30.2 Å². The number of hydrogen-bond acceptors (Lipinski definition) is 5. The lowest BCUT2D eigenvalue weighted by Crippen LogP contribution is -2.49. The van der Waals surface area contributed by atoms with Crippen molar-refractivity contribution in [3.63, 3.8) is 0 Å². The van der Waals surface area contributed by atoms with Gasteiger partial charge >= 0.3 is 0 Å². The van der Waals surface area contributed by atoms with Crippen molar-refractivity contribution in [1.82, 2.24) is 9.21 Å². The van der Waals surface area contributed by atoms with Gasteiger partial charge in [-0.05, 0) is 42.5 Å². The molecule has 1 fully saturated rings. The molecule has 1 saturated heterocycles. The number of rotatable bonds is 5. The summed E-state index contributed by atoms with van der Waals surface area (Å²) in [4.78, 5) is 15.1. The lowest BCUT2D eigenvalue weighted by molar-refractivity contribution is -0.135. The van der Waals surface area contributed by atoms with E-state index in [9.17, 15) is 13.2 Å². The maximum Gasteiger partial charge on any atom is 0.247 e. The molecule has 0 saturated carbocycles. The third-order valence-corrected chi connectivity index (χ3v) is 7.82. The van der Waals surface area contributed by atoms with E-state index in [2.05, 4.69) is 6.07 Å². The summed E-state index contributed by atoms with van der Waals surface area (Å²) in [5.41, 5.74) is 2.37. The fraction of sp³-hybridized carbons (Fsp3) is 0.409. The molecule has 0 radical (unpaired) electrons. The zero-order chi connectivity index (χ0) is 21.3. The minimum absolute atomic E-state index is 0.0213. The minimum Gasteiger partial charge on any atom is -0.497 e. The van der Waals surface area contributed by atoms with E-state index in [1.54, 1.807) is 17.0 Å². The zero-order valence-electron chi connectivity index (χ0n) is 17.2. The molecule has 2 aliphatic rings. The van der Waals surface area contributed by atoms with Crippen molar-refractivity contribution in [3.05, 3.63) is 53.6 Å². The van der Waals surface area contributed by atoms with Crippen LogP contribution < -0.4 is 9.47 Å². The largest absolute Gasteiger partial charge is 0.497 e. The van der Waals surface area contributed by atoms with Gasteiger partial charge in [-0.25, -0.2) is 8.42 Å². The zero-order valence-corrected chi connectivity index (χ0v) is 18.0. The Morgan fingerprint density at radius 1 is 1.03 bits per heavy atom. The van der Waals surface area contributed by atoms with E-state index in [1.807, 2.05) is 18.2 Å². The van der Waals surface area contributed by atoms with Crippen LogP contribution in [0.3, 0.4) is 0 Å². The number of amides is 1. The molecular weight excluding hydrogens is 404 g/mol. The average Bonchev–Trinajstić information content (AvgIpc) is 3.28. The molecule has 2 aromatic carbocycles. The summed E-state index contributed by atoms with van der Waals surface area (Å²) in [6, 6.07) is 12.0. The Balaban J connectivity index is 1.61. The van der Waals surface area contributed by atoms with Crippen LogP contribution in [0.4, 0.5) is 0 Å². The van der Waals surface area contributed by atoms with Crippen LogP contribution in [0.1, 0.15) is 24.0 Å². The highest BCUT2D eigenvalue weighted by molar-refractivity contribution is 7.89. The molecule has 30 heavy (non-hydrogen) atoms. The minimum atomic E-state index is -3.93. The second-order valence-corrected chi connectivity index (χ2v) is 9.43. The van der Waals surface area contributed by atoms with Gasteiger partial charge < -0.3 is 14.4 Å². The van der Waals surface area contributed by atoms with Gasteiger partial charge in [0.15, 0.2) is 0 Å². The fourth-order valence-electron chi connectivity index (χ4n) is 4.28. The van der Waals surface area contributed by atoms with E-state index >= 15 is 0 Å². The maximum absolute atomic E-state index is 13.5. The van der Waals surface area contributed by atoms with Gasteiger partial charge in [0, 0.05) is 25.7 Å². The number of sulfonamides is 1. The van der Waals surface area contributed by atoms with Crippen LogP contribution in [-0.4, -0.2) is 56.9 Å². The second-order valence-electron chi connectivity index (χ2n) is 7.57. The molecule has 2 aliphatic heterocycles. The second kappa shape index (κ2) is 8.28. The molecule has 0 unspecified atom stereocenters. The van der Waals surface area contributed by atoms with E-state index in [0.29, 0.717) is 38.2 Å². The number of carbonyl (C=O) groups is 1. The third-order valence-electron chi connectivity index (χ3n) is 5.89. The number of methoxy groups -OCH3 is 2. The Labute approximate surface area is 177 Å². The lowest BCUT2D eigenvalue weighted by atomic mass is 9.99. The first-order valence-corrected chi connectivity index (χ1v) is 11.5. The summed E-state index contributed by atoms with van der Waals surface area (Å²) in [5, 5.41) is 0. The molecule has 160 valence electrons. The molecule has 0 aliphatic carbocycles. The molecule has 1 amide bonds. The first-order valence-electron chi connectivity index (χ1n) is 10.0. The first-order chi connectivity index (χ1) is 14.5. The van der Waals surface area contributed by atoms with Gasteiger partial charge in [-0.1, -0.05) is 24.3 Å². The van der Waals surface area contributed by atoms with Crippen molar-refractivity contribution in [2.24, 2.45) is 0 Å². The molecular formula is C22H26N2O5S. The van der Waals surface area contributed by atoms with Crippen molar-refractivity contribution in [2.45, 2.75) is 36.7 Å². The van der Waals surface area contributed by atoms with Crippen LogP contribution in [0, 0.1) is 0 Å². The van der Waals surface area contributed by atoms with E-state index in [-0.39, 0.29) is 16.6 Å². The van der Waals surface area contributed by atoms with Crippen molar-refractivity contribution in [3.8, 4) is 11.5 Å². The molecule has 0 N–H and O–H groups in total. The van der Waals surface area contributed by atoms with Gasteiger partial charge in [0.25, 0.3) is 0 Å². The third kappa shape index (κ3) is 3.65. The summed E-state index contributed by atoms with van der Waals surface area (Å²) in [6.45, 7) is 1.42. The summed E-state index contributed by atoms with van der Waals surface area (Å²) in [7, 11) is -1.02. The van der Waals surface area contributed by atoms with Gasteiger partial charge in [0.2, 0.25) is 15.9 Å². The van der Waals surface area contributed by atoms with Gasteiger partial charge in [0.1, 0.15) is 22.4 Å². The van der Waals surface area contributed by atoms with Crippen molar-refractivity contribution in [2.75, 3.05) is 27.3 Å². The van der Waals surface area contributed by atoms with Crippen molar-refractivity contribution in [1.29, 1.82) is 0 Å². The van der Waals surface area contributed by atoms with Crippen LogP contribution in [0.15, 0.2) is 47.4 Å². The van der Waals surface area contributed by atoms with Gasteiger partial charge in [-0.3, -0.25) is 4.79 Å². The molecule has 0 spiro atoms. The number of hydrogen-bond donors (Lipinski definition) is 0. The molecule has 4 rings (SSSR count). The Morgan fingerprint density at radius 2 is 1.80 bits per heavy atom. The van der Waals surface area contributed by atoms with Crippen molar-refractivity contribution < 1.29 is 22.7 Å². The SMILES string of the molecule is COc1ccc(OC)c(S(=O)(=O)N2CCC[C@H]2C(=O)N2CCc3ccccc3C2)c1. The van der Waals surface area contributed by atoms with E-state index in [0.717, 1.165) is 12.0 Å². The van der Waals surface area contributed by atoms with Crippen LogP contribution in [0.25, 0.3) is 0 Å². The Hall–Kier alpha value is -2.58. The summed E-state index contributed by atoms with van der Waals surface area (Å²) < 4.78 is 38.8. The number of carbonyl (C=O) groups excluding carboxylic acids is 1. The topological polar surface area (TPSA) is 76.1 Å². The van der Waals surface area contributed by atoms with Crippen molar-refractivity contribution >= 4 is 15.9 Å². The Bertz CT molecular complexity index is 1050. The normalized spacial score (nSPS) is 19.4. The van der Waals surface area contributed by atoms with Gasteiger partial charge in [-0.15, -0.1) is 0 Å². The van der Waals surface area contributed by atoms with Gasteiger partial charge in [0.05, 0.1) is 14.2 Å². The Morgan fingerprint density at radius 3 is 2.53 bits per heavy atom. The molecule has 8 heteroatoms. The summed E-state index contributed by atoms with van der Waals surface area (Å²) in [6.07, 6.45) is 1.94. The van der Waals surface area contributed by atoms with Crippen LogP contribution in [0.5, 0.6) is 11.5 Å². The summed E-state index contributed by atoms with van der Waals surface area (Å²) in [5.74, 6) is 0.525. The highest BCUT2D eigenvalue weighted by Crippen LogP contribution is 2.35. The molecule has 2 heterocycles. The Kier molecular flexibility index (Phi) is 5.71. The number of fused-ring (bicyclic) bond motifs is 1. The molecule has 0 bridgehead atoms. The fourth-order valence-corrected chi connectivity index (χ4v) is 6.10. The number of nitrogens with zero attached hydrogens (tertiary/aromatic N) is 2. The molecule has 2 aromatic rings. The van der Waals surface area contributed by atoms with Crippen LogP contribution >= 0.6 is 0 Å². The predicted molar refractivity (Wildman–Crippen MR) is 112 cm³/mol. The molecule has 1 atom stereocenters. The lowest BCUT2D eigenvalue weighted by Gasteiger charge is -2.33. The smallest absolute Gasteiger partial charge is 0.247 e. The van der Waals surface area contributed by atoms with Crippen LogP contribution in [0.2, 0.25) is 0 Å². The molecule has 7 nitrogen and oxygen atoms in total. The highest BCUT2D eigenvalue weighted by atomic mass is 32.2. The first kappa shape index (κ1) is 20.7. The monoisotopic (exact) mass is 430 g/mol. The average molecular weight is 431 g/mol. The highest BCUT2D eigenvalue weighted by Gasteiger charge is 2.42. The van der Waals surface area contributed by atoms with E-state index < -0.39 is 16.1 Å².